The third kappa shape index (κ3) is 2.14. The molecule has 1 N–H and O–H groups in total. The van der Waals surface area contributed by atoms with Crippen LogP contribution >= 0.6 is 11.5 Å². The van der Waals surface area contributed by atoms with Gasteiger partial charge >= 0.3 is 0 Å². The molecule has 1 spiro atoms. The molecular weight excluding hydrogens is 244 g/mol. The zero-order valence-electron chi connectivity index (χ0n) is 11.5. The smallest absolute Gasteiger partial charge is 0.205 e. The first-order chi connectivity index (χ1) is 8.49. The van der Waals surface area contributed by atoms with Gasteiger partial charge in [-0.25, -0.2) is 4.98 Å². The SMILES string of the molecule is CC(C)(C)c1nsc(N2CCC3(CCNC3)C2)n1. The Morgan fingerprint density at radius 1 is 1.33 bits per heavy atom. The second kappa shape index (κ2) is 4.17. The Morgan fingerprint density at radius 2 is 2.17 bits per heavy atom. The molecule has 0 bridgehead atoms. The fourth-order valence-electron chi connectivity index (χ4n) is 2.89. The molecule has 1 unspecified atom stereocenters. The van der Waals surface area contributed by atoms with Crippen LogP contribution in [0.2, 0.25) is 0 Å². The largest absolute Gasteiger partial charge is 0.346 e. The summed E-state index contributed by atoms with van der Waals surface area (Å²) in [5.41, 5.74) is 0.564. The minimum absolute atomic E-state index is 0.0566. The Morgan fingerprint density at radius 3 is 2.78 bits per heavy atom. The van der Waals surface area contributed by atoms with Crippen molar-refractivity contribution in [2.75, 3.05) is 31.1 Å². The van der Waals surface area contributed by atoms with Gasteiger partial charge in [0.15, 0.2) is 0 Å². The molecule has 1 aromatic heterocycles. The van der Waals surface area contributed by atoms with Crippen LogP contribution in [0.15, 0.2) is 0 Å². The first-order valence-corrected chi connectivity index (χ1v) is 7.56. The number of aromatic nitrogens is 2. The highest BCUT2D eigenvalue weighted by Crippen LogP contribution is 2.39. The molecular formula is C13H22N4S. The van der Waals surface area contributed by atoms with Crippen LogP contribution in [-0.4, -0.2) is 35.5 Å². The Hall–Kier alpha value is -0.680. The van der Waals surface area contributed by atoms with E-state index in [1.54, 1.807) is 11.5 Å². The van der Waals surface area contributed by atoms with E-state index in [-0.39, 0.29) is 5.41 Å². The van der Waals surface area contributed by atoms with Crippen molar-refractivity contribution in [3.05, 3.63) is 5.82 Å². The molecule has 18 heavy (non-hydrogen) atoms. The molecule has 100 valence electrons. The van der Waals surface area contributed by atoms with Gasteiger partial charge in [0, 0.05) is 42.0 Å². The first-order valence-electron chi connectivity index (χ1n) is 6.78. The van der Waals surface area contributed by atoms with Crippen LogP contribution in [0.1, 0.15) is 39.4 Å². The maximum absolute atomic E-state index is 4.73. The topological polar surface area (TPSA) is 41.1 Å². The predicted octanol–water partition coefficient (Wildman–Crippen LogP) is 2.03. The van der Waals surface area contributed by atoms with Gasteiger partial charge in [-0.1, -0.05) is 20.8 Å². The van der Waals surface area contributed by atoms with Gasteiger partial charge in [0.05, 0.1) is 0 Å². The third-order valence-corrected chi connectivity index (χ3v) is 4.90. The Bertz CT molecular complexity index is 428. The highest BCUT2D eigenvalue weighted by Gasteiger charge is 2.41. The van der Waals surface area contributed by atoms with Gasteiger partial charge in [0.25, 0.3) is 0 Å². The van der Waals surface area contributed by atoms with E-state index in [4.69, 9.17) is 4.98 Å². The van der Waals surface area contributed by atoms with E-state index in [0.29, 0.717) is 5.41 Å². The monoisotopic (exact) mass is 266 g/mol. The predicted molar refractivity (Wildman–Crippen MR) is 75.4 cm³/mol. The summed E-state index contributed by atoms with van der Waals surface area (Å²) in [5, 5.41) is 4.61. The van der Waals surface area contributed by atoms with Crippen molar-refractivity contribution < 1.29 is 0 Å². The molecule has 0 aliphatic carbocycles. The van der Waals surface area contributed by atoms with Gasteiger partial charge in [-0.2, -0.15) is 4.37 Å². The van der Waals surface area contributed by atoms with Crippen LogP contribution in [0.25, 0.3) is 0 Å². The Labute approximate surface area is 113 Å². The summed E-state index contributed by atoms with van der Waals surface area (Å²) in [6.07, 6.45) is 2.61. The molecule has 2 aliphatic heterocycles. The average Bonchev–Trinajstić information content (AvgIpc) is 3.00. The molecule has 5 heteroatoms. The van der Waals surface area contributed by atoms with Gasteiger partial charge in [0.1, 0.15) is 5.82 Å². The molecule has 2 aliphatic rings. The molecule has 0 saturated carbocycles. The van der Waals surface area contributed by atoms with Crippen molar-refractivity contribution in [1.82, 2.24) is 14.7 Å². The number of nitrogens with zero attached hydrogens (tertiary/aromatic N) is 3. The summed E-state index contributed by atoms with van der Waals surface area (Å²) < 4.78 is 4.52. The van der Waals surface area contributed by atoms with E-state index in [9.17, 15) is 0 Å². The van der Waals surface area contributed by atoms with Crippen LogP contribution in [-0.2, 0) is 5.41 Å². The zero-order chi connectivity index (χ0) is 12.8. The molecule has 0 amide bonds. The quantitative estimate of drug-likeness (QED) is 0.844. The number of hydrogen-bond donors (Lipinski definition) is 1. The van der Waals surface area contributed by atoms with Crippen molar-refractivity contribution in [1.29, 1.82) is 0 Å². The standard InChI is InChI=1S/C13H22N4S/c1-12(2,3)10-15-11(18-16-10)17-7-5-13(9-17)4-6-14-8-13/h14H,4-9H2,1-3H3. The number of anilines is 1. The number of nitrogens with one attached hydrogen (secondary N) is 1. The molecule has 1 atom stereocenters. The van der Waals surface area contributed by atoms with E-state index in [2.05, 4.69) is 35.4 Å². The van der Waals surface area contributed by atoms with Crippen LogP contribution in [0.3, 0.4) is 0 Å². The normalized spacial score (nSPS) is 28.5. The molecule has 0 aromatic carbocycles. The van der Waals surface area contributed by atoms with Gasteiger partial charge in [-0.15, -0.1) is 0 Å². The zero-order valence-corrected chi connectivity index (χ0v) is 12.3. The fourth-order valence-corrected chi connectivity index (χ4v) is 3.77. The molecule has 4 nitrogen and oxygen atoms in total. The minimum Gasteiger partial charge on any atom is -0.346 e. The second-order valence-electron chi connectivity index (χ2n) is 6.75. The molecule has 3 rings (SSSR count). The maximum atomic E-state index is 4.73. The third-order valence-electron chi connectivity index (χ3n) is 4.13. The van der Waals surface area contributed by atoms with Crippen LogP contribution in [0, 0.1) is 5.41 Å². The fraction of sp³-hybridized carbons (Fsp3) is 0.846. The van der Waals surface area contributed by atoms with Gasteiger partial charge in [-0.05, 0) is 19.4 Å². The lowest BCUT2D eigenvalue weighted by molar-refractivity contribution is 0.369. The minimum atomic E-state index is 0.0566. The van der Waals surface area contributed by atoms with Gasteiger partial charge < -0.3 is 10.2 Å². The number of rotatable bonds is 1. The van der Waals surface area contributed by atoms with Crippen molar-refractivity contribution in [3.8, 4) is 0 Å². The van der Waals surface area contributed by atoms with Gasteiger partial charge in [0.2, 0.25) is 5.13 Å². The summed E-state index contributed by atoms with van der Waals surface area (Å²) in [6.45, 7) is 11.2. The summed E-state index contributed by atoms with van der Waals surface area (Å²) in [4.78, 5) is 7.16. The van der Waals surface area contributed by atoms with E-state index >= 15 is 0 Å². The summed E-state index contributed by atoms with van der Waals surface area (Å²) in [7, 11) is 0. The van der Waals surface area contributed by atoms with Crippen molar-refractivity contribution in [2.24, 2.45) is 5.41 Å². The lowest BCUT2D eigenvalue weighted by Gasteiger charge is -2.22. The molecule has 2 fully saturated rings. The van der Waals surface area contributed by atoms with Crippen LogP contribution in [0.4, 0.5) is 5.13 Å². The highest BCUT2D eigenvalue weighted by molar-refractivity contribution is 7.09. The van der Waals surface area contributed by atoms with E-state index in [0.717, 1.165) is 24.0 Å². The van der Waals surface area contributed by atoms with E-state index in [1.807, 2.05) is 0 Å². The summed E-state index contributed by atoms with van der Waals surface area (Å²) in [6, 6.07) is 0. The molecule has 0 radical (unpaired) electrons. The van der Waals surface area contributed by atoms with Crippen molar-refractivity contribution in [3.63, 3.8) is 0 Å². The van der Waals surface area contributed by atoms with E-state index < -0.39 is 0 Å². The molecule has 2 saturated heterocycles. The molecule has 1 aromatic rings. The Balaban J connectivity index is 1.75. The molecule has 3 heterocycles. The first kappa shape index (κ1) is 12.4. The average molecular weight is 266 g/mol. The van der Waals surface area contributed by atoms with Crippen LogP contribution < -0.4 is 10.2 Å². The summed E-state index contributed by atoms with van der Waals surface area (Å²) in [5.74, 6) is 0.980. The summed E-state index contributed by atoms with van der Waals surface area (Å²) >= 11 is 1.56. The lowest BCUT2D eigenvalue weighted by Crippen LogP contribution is -2.29. The maximum Gasteiger partial charge on any atom is 0.205 e. The van der Waals surface area contributed by atoms with Crippen molar-refractivity contribution >= 4 is 16.7 Å². The lowest BCUT2D eigenvalue weighted by atomic mass is 9.87. The van der Waals surface area contributed by atoms with E-state index in [1.165, 1.54) is 25.9 Å². The number of hydrogen-bond acceptors (Lipinski definition) is 5. The van der Waals surface area contributed by atoms with Crippen LogP contribution in [0.5, 0.6) is 0 Å². The Kier molecular flexibility index (Phi) is 2.86. The van der Waals surface area contributed by atoms with Gasteiger partial charge in [-0.3, -0.25) is 0 Å². The second-order valence-corrected chi connectivity index (χ2v) is 7.48. The van der Waals surface area contributed by atoms with Crippen molar-refractivity contribution in [2.45, 2.75) is 39.0 Å². The highest BCUT2D eigenvalue weighted by atomic mass is 32.1.